The van der Waals surface area contributed by atoms with E-state index in [9.17, 15) is 0 Å². The van der Waals surface area contributed by atoms with Crippen molar-refractivity contribution in [3.63, 3.8) is 0 Å². The molecule has 8 rings (SSSR count). The van der Waals surface area contributed by atoms with Gasteiger partial charge in [-0.2, -0.15) is 0 Å². The molecule has 6 heteroatoms. The molecule has 0 unspecified atom stereocenters. The Balaban J connectivity index is 0.000000199. The fourth-order valence-corrected chi connectivity index (χ4v) is 9.91. The Morgan fingerprint density at radius 3 is 2.21 bits per heavy atom. The molecule has 265 valence electrons. The van der Waals surface area contributed by atoms with Gasteiger partial charge >= 0.3 is 120 Å². The van der Waals surface area contributed by atoms with Gasteiger partial charge in [0.05, 0.1) is 22.4 Å². The molecule has 0 fully saturated rings. The fourth-order valence-electron chi connectivity index (χ4n) is 6.59. The van der Waals surface area contributed by atoms with Gasteiger partial charge in [-0.1, -0.05) is 74.2 Å². The quantitative estimate of drug-likeness (QED) is 0.128. The minimum Gasteiger partial charge on any atom is 0 e. The summed E-state index contributed by atoms with van der Waals surface area (Å²) in [5, 5.41) is 2.19. The minimum atomic E-state index is -2.03. The van der Waals surface area contributed by atoms with Gasteiger partial charge in [0.15, 0.2) is 0 Å². The van der Waals surface area contributed by atoms with E-state index in [0.29, 0.717) is 0 Å². The van der Waals surface area contributed by atoms with Crippen LogP contribution in [0.1, 0.15) is 53.0 Å². The van der Waals surface area contributed by atoms with Crippen molar-refractivity contribution in [2.75, 3.05) is 0 Å². The molecule has 0 saturated carbocycles. The first kappa shape index (κ1) is 36.1. The third-order valence-corrected chi connectivity index (χ3v) is 13.6. The topological polar surface area (TPSA) is 43.9 Å². The molecule has 0 aliphatic carbocycles. The maximum atomic E-state index is 8.44. The van der Waals surface area contributed by atoms with E-state index in [1.165, 1.54) is 9.96 Å². The van der Waals surface area contributed by atoms with E-state index >= 15 is 0 Å². The molecule has 0 amide bonds. The van der Waals surface area contributed by atoms with Crippen LogP contribution in [0.5, 0.6) is 0 Å². The van der Waals surface area contributed by atoms with Crippen molar-refractivity contribution in [3.8, 4) is 28.3 Å². The second kappa shape index (κ2) is 15.0. The van der Waals surface area contributed by atoms with Crippen molar-refractivity contribution in [1.29, 1.82) is 0 Å². The summed E-state index contributed by atoms with van der Waals surface area (Å²) in [4.78, 5) is 9.64. The molecule has 8 aromatic rings. The first-order chi connectivity index (χ1) is 24.7. The zero-order valence-electron chi connectivity index (χ0n) is 32.1. The molecule has 0 aliphatic heterocycles. The van der Waals surface area contributed by atoms with Gasteiger partial charge in [-0.15, -0.1) is 18.2 Å². The van der Waals surface area contributed by atoms with Gasteiger partial charge < -0.3 is 8.98 Å². The standard InChI is InChI=1S/C29H23N2O.C17H22GeN.Ir/c1-29(2,3)19-15-17-20(18-16-19)31-25-13-6-5-12-24(25)30-28(31)23-11-8-10-22-21-9-4-7-14-26(21)32-27(22)23;1-13(2)15-11-17(14-9-7-6-8-10-14)19-12-16(15)18(3,4)5;/h4-10,12-18H,1-3H3;6-9,11-13H,1-5H3;/q2*-1;/i;13D;. The number of hydrogen-bond acceptors (Lipinski definition) is 3. The Kier molecular flexibility index (Phi) is 10.4. The molecule has 3 heterocycles. The van der Waals surface area contributed by atoms with Gasteiger partial charge in [-0.25, -0.2) is 0 Å². The van der Waals surface area contributed by atoms with Crippen molar-refractivity contribution >= 4 is 50.6 Å². The van der Waals surface area contributed by atoms with Crippen LogP contribution in [0.15, 0.2) is 126 Å². The summed E-state index contributed by atoms with van der Waals surface area (Å²) in [7, 11) is 0. The maximum Gasteiger partial charge on any atom is 0 e. The van der Waals surface area contributed by atoms with E-state index < -0.39 is 19.2 Å². The monoisotopic (exact) mass is 923 g/mol. The van der Waals surface area contributed by atoms with Crippen LogP contribution < -0.4 is 4.40 Å². The first-order valence-electron chi connectivity index (χ1n) is 18.1. The van der Waals surface area contributed by atoms with Crippen molar-refractivity contribution in [2.24, 2.45) is 0 Å². The number of imidazole rings is 1. The summed E-state index contributed by atoms with van der Waals surface area (Å²) < 4.78 is 18.3. The van der Waals surface area contributed by atoms with Gasteiger partial charge in [0.1, 0.15) is 5.58 Å². The number of para-hydroxylation sites is 3. The Morgan fingerprint density at radius 1 is 0.808 bits per heavy atom. The van der Waals surface area contributed by atoms with E-state index in [0.717, 1.165) is 66.9 Å². The first-order valence-corrected chi connectivity index (χ1v) is 24.9. The molecule has 4 nitrogen and oxygen atoms in total. The van der Waals surface area contributed by atoms with E-state index in [1.807, 2.05) is 74.6 Å². The largest absolute Gasteiger partial charge is 0 e. The van der Waals surface area contributed by atoms with Crippen LogP contribution in [0, 0.1) is 12.1 Å². The molecule has 0 bridgehead atoms. The summed E-state index contributed by atoms with van der Waals surface area (Å²) >= 11 is -2.03. The molecule has 0 spiro atoms. The molecule has 0 saturated heterocycles. The molecule has 1 radical (unpaired) electrons. The van der Waals surface area contributed by atoms with Crippen LogP contribution in [0.25, 0.3) is 61.3 Å². The number of benzene rings is 5. The van der Waals surface area contributed by atoms with Crippen LogP contribution in [-0.2, 0) is 25.5 Å². The van der Waals surface area contributed by atoms with E-state index in [1.54, 1.807) is 0 Å². The normalized spacial score (nSPS) is 12.3. The summed E-state index contributed by atoms with van der Waals surface area (Å²) in [6.45, 7) is 10.6. The molecular weight excluding hydrogens is 875 g/mol. The van der Waals surface area contributed by atoms with Gasteiger partial charge in [0.2, 0.25) is 0 Å². The summed E-state index contributed by atoms with van der Waals surface area (Å²) in [5.74, 6) is 7.28. The Morgan fingerprint density at radius 2 is 1.52 bits per heavy atom. The average molecular weight is 922 g/mol. The van der Waals surface area contributed by atoms with Crippen LogP contribution in [-0.4, -0.2) is 27.8 Å². The predicted octanol–water partition coefficient (Wildman–Crippen LogP) is 11.9. The summed E-state index contributed by atoms with van der Waals surface area (Å²) in [5.41, 5.74) is 10.1. The maximum absolute atomic E-state index is 8.44. The Bertz CT molecular complexity index is 2520. The summed E-state index contributed by atoms with van der Waals surface area (Å²) in [6, 6.07) is 45.8. The zero-order valence-corrected chi connectivity index (χ0v) is 35.6. The van der Waals surface area contributed by atoms with E-state index in [-0.39, 0.29) is 25.5 Å². The second-order valence-corrected chi connectivity index (χ2v) is 26.0. The third kappa shape index (κ3) is 7.46. The Labute approximate surface area is 325 Å². The number of fused-ring (bicyclic) bond motifs is 4. The SMILES string of the molecule is CC(C)(C)c1ccc(-n2c(-c3[c-]ccc4c3oc3ccccc34)nc3ccccc32)cc1.[2H]C(C)(C)c1cc(-c2[c-]cccc2)nc[c]1[Ge]([CH3])([CH3])[CH3].[Ir]. The number of rotatable bonds is 5. The smallest absolute Gasteiger partial charge is 0 e. The van der Waals surface area contributed by atoms with E-state index in [2.05, 4.69) is 120 Å². The second-order valence-electron chi connectivity index (χ2n) is 15.4. The molecule has 0 aliphatic rings. The summed E-state index contributed by atoms with van der Waals surface area (Å²) in [6.07, 6.45) is 2.00. The van der Waals surface area contributed by atoms with E-state index in [4.69, 9.17) is 10.8 Å². The minimum absolute atomic E-state index is 0. The molecule has 0 N–H and O–H groups in total. The number of aromatic nitrogens is 3. The van der Waals surface area contributed by atoms with Gasteiger partial charge in [-0.05, 0) is 41.3 Å². The number of pyridine rings is 1. The molecule has 3 aromatic heterocycles. The third-order valence-electron chi connectivity index (χ3n) is 9.35. The number of furan rings is 1. The van der Waals surface area contributed by atoms with Crippen LogP contribution >= 0.6 is 0 Å². The van der Waals surface area contributed by atoms with Crippen molar-refractivity contribution in [3.05, 3.63) is 145 Å². The predicted molar refractivity (Wildman–Crippen MR) is 217 cm³/mol. The molecule has 5 aromatic carbocycles. The van der Waals surface area contributed by atoms with Crippen molar-refractivity contribution in [2.45, 2.75) is 63.2 Å². The molecule has 52 heavy (non-hydrogen) atoms. The average Bonchev–Trinajstić information content (AvgIpc) is 3.70. The van der Waals surface area contributed by atoms with Crippen LogP contribution in [0.2, 0.25) is 17.3 Å². The molecule has 0 atom stereocenters. The van der Waals surface area contributed by atoms with Crippen LogP contribution in [0.4, 0.5) is 0 Å². The number of nitrogens with zero attached hydrogens (tertiary/aromatic N) is 3. The van der Waals surface area contributed by atoms with Crippen LogP contribution in [0.3, 0.4) is 0 Å². The Hall–Kier alpha value is -4.29. The van der Waals surface area contributed by atoms with Gasteiger partial charge in [0.25, 0.3) is 0 Å². The van der Waals surface area contributed by atoms with Gasteiger partial charge in [0, 0.05) is 31.2 Å². The number of hydrogen-bond donors (Lipinski definition) is 0. The van der Waals surface area contributed by atoms with Crippen molar-refractivity contribution in [1.82, 2.24) is 14.5 Å². The zero-order chi connectivity index (χ0) is 36.8. The molecular formula is C46H45GeIrN3O-2. The van der Waals surface area contributed by atoms with Crippen molar-refractivity contribution < 1.29 is 25.9 Å². The fraction of sp³-hybridized carbons (Fsp3) is 0.217. The van der Waals surface area contributed by atoms with Gasteiger partial charge in [-0.3, -0.25) is 4.98 Å².